The monoisotopic (exact) mass is 272 g/mol. The molecule has 2 nitrogen and oxygen atoms in total. The molecule has 0 aliphatic heterocycles. The Hall–Kier alpha value is -1.44. The molecule has 0 N–H and O–H groups in total. The van der Waals surface area contributed by atoms with Gasteiger partial charge in [-0.2, -0.15) is 0 Å². The van der Waals surface area contributed by atoms with Crippen LogP contribution >= 0.6 is 0 Å². The zero-order valence-electron chi connectivity index (χ0n) is 8.11. The van der Waals surface area contributed by atoms with Gasteiger partial charge in [0.25, 0.3) is 0 Å². The number of rotatable bonds is 3. The van der Waals surface area contributed by atoms with E-state index in [2.05, 4.69) is 6.58 Å². The molecule has 0 amide bonds. The van der Waals surface area contributed by atoms with Crippen LogP contribution in [-0.2, 0) is 9.84 Å². The Bertz CT molecular complexity index is 551. The van der Waals surface area contributed by atoms with E-state index in [1.165, 1.54) is 0 Å². The summed E-state index contributed by atoms with van der Waals surface area (Å²) in [5, 5.41) is 0. The second-order valence-electron chi connectivity index (χ2n) is 2.97. The van der Waals surface area contributed by atoms with Crippen molar-refractivity contribution in [3.63, 3.8) is 0 Å². The number of hydrogen-bond donors (Lipinski definition) is 0. The third-order valence-electron chi connectivity index (χ3n) is 1.82. The van der Waals surface area contributed by atoms with Gasteiger partial charge in [-0.3, -0.25) is 0 Å². The van der Waals surface area contributed by atoms with Crippen molar-refractivity contribution in [2.45, 2.75) is 4.90 Å². The molecule has 0 aliphatic carbocycles. The summed E-state index contributed by atoms with van der Waals surface area (Å²) in [6.45, 7) is 3.01. The minimum absolute atomic E-state index is 0.771. The average molecular weight is 272 g/mol. The lowest BCUT2D eigenvalue weighted by Gasteiger charge is -2.07. The van der Waals surface area contributed by atoms with Crippen LogP contribution in [0.2, 0.25) is 0 Å². The number of benzene rings is 1. The third-order valence-corrected chi connectivity index (χ3v) is 3.47. The van der Waals surface area contributed by atoms with Gasteiger partial charge in [-0.05, 0) is 0 Å². The van der Waals surface area contributed by atoms with Gasteiger partial charge in [-0.15, -0.1) is 6.58 Å². The fourth-order valence-electron chi connectivity index (χ4n) is 1.10. The van der Waals surface area contributed by atoms with Crippen LogP contribution in [0.4, 0.5) is 22.0 Å². The Balaban J connectivity index is 3.73. The van der Waals surface area contributed by atoms with E-state index in [0.717, 1.165) is 6.08 Å². The molecule has 0 aromatic heterocycles. The summed E-state index contributed by atoms with van der Waals surface area (Å²) in [5.74, 6) is -12.7. The molecule has 0 fully saturated rings. The Morgan fingerprint density at radius 1 is 0.882 bits per heavy atom. The second kappa shape index (κ2) is 4.44. The van der Waals surface area contributed by atoms with Gasteiger partial charge in [0.15, 0.2) is 33.1 Å². The van der Waals surface area contributed by atoms with Gasteiger partial charge in [-0.1, -0.05) is 6.08 Å². The average Bonchev–Trinajstić information content (AvgIpc) is 2.23. The Labute approximate surface area is 93.3 Å². The summed E-state index contributed by atoms with van der Waals surface area (Å²) in [6, 6.07) is 0. The molecule has 0 bridgehead atoms. The zero-order chi connectivity index (χ0) is 13.4. The van der Waals surface area contributed by atoms with E-state index in [4.69, 9.17) is 0 Å². The van der Waals surface area contributed by atoms with Crippen molar-refractivity contribution >= 4 is 9.84 Å². The predicted molar refractivity (Wildman–Crippen MR) is 48.5 cm³/mol. The second-order valence-corrected chi connectivity index (χ2v) is 4.94. The lowest BCUT2D eigenvalue weighted by atomic mass is 10.3. The molecule has 1 rings (SSSR count). The van der Waals surface area contributed by atoms with Crippen molar-refractivity contribution in [2.75, 3.05) is 5.75 Å². The highest BCUT2D eigenvalue weighted by Crippen LogP contribution is 2.27. The smallest absolute Gasteiger partial charge is 0.200 e. The molecule has 0 unspecified atom stereocenters. The fraction of sp³-hybridized carbons (Fsp3) is 0.111. The normalized spacial score (nSPS) is 11.6. The van der Waals surface area contributed by atoms with Crippen molar-refractivity contribution in [1.82, 2.24) is 0 Å². The number of hydrogen-bond acceptors (Lipinski definition) is 2. The fourth-order valence-corrected chi connectivity index (χ4v) is 2.30. The summed E-state index contributed by atoms with van der Waals surface area (Å²) in [7, 11) is -4.65. The minimum atomic E-state index is -4.65. The van der Waals surface area contributed by atoms with Crippen molar-refractivity contribution < 1.29 is 30.4 Å². The molecule has 0 heterocycles. The lowest BCUT2D eigenvalue weighted by Crippen LogP contribution is -2.14. The minimum Gasteiger partial charge on any atom is -0.223 e. The number of sulfone groups is 1. The summed E-state index contributed by atoms with van der Waals surface area (Å²) in [4.78, 5) is -1.84. The van der Waals surface area contributed by atoms with Gasteiger partial charge >= 0.3 is 0 Å². The largest absolute Gasteiger partial charge is 0.223 e. The Morgan fingerprint density at radius 2 is 1.24 bits per heavy atom. The van der Waals surface area contributed by atoms with Crippen LogP contribution in [0, 0.1) is 29.1 Å². The standard InChI is InChI=1S/C9H5F5O2S/c1-2-3-17(15,16)9-7(13)5(11)4(10)6(12)8(9)14/h2H,1,3H2. The van der Waals surface area contributed by atoms with Crippen LogP contribution in [0.25, 0.3) is 0 Å². The lowest BCUT2D eigenvalue weighted by molar-refractivity contribution is 0.358. The van der Waals surface area contributed by atoms with Gasteiger partial charge in [0.2, 0.25) is 5.82 Å². The molecular weight excluding hydrogens is 267 g/mol. The van der Waals surface area contributed by atoms with Crippen molar-refractivity contribution in [2.24, 2.45) is 0 Å². The van der Waals surface area contributed by atoms with Crippen LogP contribution in [-0.4, -0.2) is 14.2 Å². The summed E-state index contributed by atoms with van der Waals surface area (Å²) < 4.78 is 86.8. The maximum Gasteiger partial charge on any atom is 0.200 e. The molecule has 1 aromatic rings. The van der Waals surface area contributed by atoms with E-state index in [9.17, 15) is 30.4 Å². The molecule has 0 saturated heterocycles. The van der Waals surface area contributed by atoms with Gasteiger partial charge in [-0.25, -0.2) is 30.4 Å². The maximum absolute atomic E-state index is 13.1. The van der Waals surface area contributed by atoms with Crippen LogP contribution < -0.4 is 0 Å². The van der Waals surface area contributed by atoms with Gasteiger partial charge in [0.1, 0.15) is 4.90 Å². The topological polar surface area (TPSA) is 34.1 Å². The van der Waals surface area contributed by atoms with Crippen molar-refractivity contribution in [3.05, 3.63) is 41.7 Å². The molecule has 0 atom stereocenters. The summed E-state index contributed by atoms with van der Waals surface area (Å²) >= 11 is 0. The molecular formula is C9H5F5O2S. The predicted octanol–water partition coefficient (Wildman–Crippen LogP) is 2.34. The Morgan fingerprint density at radius 3 is 1.59 bits per heavy atom. The molecule has 0 saturated carbocycles. The van der Waals surface area contributed by atoms with E-state index in [0.29, 0.717) is 0 Å². The van der Waals surface area contributed by atoms with E-state index in [1.807, 2.05) is 0 Å². The quantitative estimate of drug-likeness (QED) is 0.278. The molecule has 94 valence electrons. The summed E-state index contributed by atoms with van der Waals surface area (Å²) in [5.41, 5.74) is 0. The first kappa shape index (κ1) is 13.6. The molecule has 0 aliphatic rings. The zero-order valence-corrected chi connectivity index (χ0v) is 8.92. The molecule has 0 spiro atoms. The van der Waals surface area contributed by atoms with E-state index in [1.54, 1.807) is 0 Å². The molecule has 17 heavy (non-hydrogen) atoms. The van der Waals surface area contributed by atoms with Gasteiger partial charge in [0, 0.05) is 0 Å². The first-order valence-corrected chi connectivity index (χ1v) is 5.74. The maximum atomic E-state index is 13.1. The highest BCUT2D eigenvalue weighted by atomic mass is 32.2. The summed E-state index contributed by atoms with van der Waals surface area (Å²) in [6.07, 6.45) is 0.771. The van der Waals surface area contributed by atoms with E-state index < -0.39 is 49.6 Å². The number of halogens is 5. The van der Waals surface area contributed by atoms with E-state index >= 15 is 0 Å². The molecule has 0 radical (unpaired) electrons. The van der Waals surface area contributed by atoms with Crippen LogP contribution in [0.5, 0.6) is 0 Å². The third kappa shape index (κ3) is 2.17. The molecule has 1 aromatic carbocycles. The van der Waals surface area contributed by atoms with Crippen molar-refractivity contribution in [1.29, 1.82) is 0 Å². The van der Waals surface area contributed by atoms with Crippen molar-refractivity contribution in [3.8, 4) is 0 Å². The van der Waals surface area contributed by atoms with E-state index in [-0.39, 0.29) is 0 Å². The van der Waals surface area contributed by atoms with Crippen LogP contribution in [0.15, 0.2) is 17.6 Å². The molecule has 8 heteroatoms. The van der Waals surface area contributed by atoms with Crippen LogP contribution in [0.3, 0.4) is 0 Å². The highest BCUT2D eigenvalue weighted by Gasteiger charge is 2.32. The van der Waals surface area contributed by atoms with Gasteiger partial charge < -0.3 is 0 Å². The van der Waals surface area contributed by atoms with Gasteiger partial charge in [0.05, 0.1) is 5.75 Å². The first-order valence-electron chi connectivity index (χ1n) is 4.09. The highest BCUT2D eigenvalue weighted by molar-refractivity contribution is 7.91. The van der Waals surface area contributed by atoms with Crippen LogP contribution in [0.1, 0.15) is 0 Å². The Kier molecular flexibility index (Phi) is 3.56. The first-order chi connectivity index (χ1) is 7.74. The SMILES string of the molecule is C=CCS(=O)(=O)c1c(F)c(F)c(F)c(F)c1F.